The number of nitrogens with one attached hydrogen (secondary N) is 2. The third-order valence-corrected chi connectivity index (χ3v) is 4.54. The number of benzene rings is 2. The first-order valence-electron chi connectivity index (χ1n) is 9.26. The number of halogens is 2. The molecule has 8 nitrogen and oxygen atoms in total. The molecule has 0 aromatic heterocycles. The van der Waals surface area contributed by atoms with Crippen LogP contribution in [0.2, 0.25) is 10.0 Å². The minimum absolute atomic E-state index is 0.132. The summed E-state index contributed by atoms with van der Waals surface area (Å²) in [5, 5.41) is 5.74. The molecule has 10 heteroatoms. The number of hydrogen-bond acceptors (Lipinski definition) is 6. The highest BCUT2D eigenvalue weighted by Gasteiger charge is 2.12. The summed E-state index contributed by atoms with van der Waals surface area (Å²) in [6, 6.07) is 10.7. The smallest absolute Gasteiger partial charge is 0.338 e. The van der Waals surface area contributed by atoms with E-state index in [0.717, 1.165) is 0 Å². The fourth-order valence-electron chi connectivity index (χ4n) is 2.33. The van der Waals surface area contributed by atoms with Crippen molar-refractivity contribution in [3.05, 3.63) is 58.1 Å². The summed E-state index contributed by atoms with van der Waals surface area (Å²) in [4.78, 5) is 47.2. The van der Waals surface area contributed by atoms with Gasteiger partial charge in [0.05, 0.1) is 28.6 Å². The van der Waals surface area contributed by atoms with Gasteiger partial charge < -0.3 is 20.1 Å². The molecule has 31 heavy (non-hydrogen) atoms. The fraction of sp³-hybridized carbons (Fsp3) is 0.238. The van der Waals surface area contributed by atoms with Crippen LogP contribution >= 0.6 is 23.2 Å². The van der Waals surface area contributed by atoms with Gasteiger partial charge in [-0.2, -0.15) is 0 Å². The highest BCUT2D eigenvalue weighted by molar-refractivity contribution is 6.42. The molecule has 0 aliphatic rings. The highest BCUT2D eigenvalue weighted by Crippen LogP contribution is 2.24. The lowest BCUT2D eigenvalue weighted by Crippen LogP contribution is -2.21. The third kappa shape index (κ3) is 8.27. The van der Waals surface area contributed by atoms with Crippen molar-refractivity contribution in [3.8, 4) is 0 Å². The second-order valence-electron chi connectivity index (χ2n) is 6.18. The molecule has 0 spiro atoms. The van der Waals surface area contributed by atoms with Crippen LogP contribution < -0.4 is 10.6 Å². The van der Waals surface area contributed by atoms with Crippen LogP contribution in [0.1, 0.15) is 30.1 Å². The number of carbonyl (C=O) groups excluding carboxylic acids is 4. The lowest BCUT2D eigenvalue weighted by atomic mass is 10.2. The summed E-state index contributed by atoms with van der Waals surface area (Å²) < 4.78 is 9.73. The molecule has 0 aliphatic carbocycles. The molecule has 0 atom stereocenters. The summed E-state index contributed by atoms with van der Waals surface area (Å²) >= 11 is 11.7. The van der Waals surface area contributed by atoms with Crippen LogP contribution in [0.4, 0.5) is 11.4 Å². The number of carbonyl (C=O) groups is 4. The van der Waals surface area contributed by atoms with Gasteiger partial charge in [-0.15, -0.1) is 0 Å². The maximum Gasteiger partial charge on any atom is 0.338 e. The van der Waals surface area contributed by atoms with Gasteiger partial charge in [-0.05, 0) is 49.4 Å². The van der Waals surface area contributed by atoms with Crippen molar-refractivity contribution in [2.75, 3.05) is 23.8 Å². The molecule has 0 unspecified atom stereocenters. The van der Waals surface area contributed by atoms with Crippen molar-refractivity contribution in [2.24, 2.45) is 0 Å². The zero-order valence-corrected chi connectivity index (χ0v) is 18.1. The molecular weight excluding hydrogens is 447 g/mol. The van der Waals surface area contributed by atoms with E-state index in [1.807, 2.05) is 0 Å². The van der Waals surface area contributed by atoms with E-state index in [0.29, 0.717) is 22.0 Å². The fourth-order valence-corrected chi connectivity index (χ4v) is 2.63. The van der Waals surface area contributed by atoms with E-state index in [-0.39, 0.29) is 24.5 Å². The van der Waals surface area contributed by atoms with Crippen molar-refractivity contribution >= 4 is 58.3 Å². The number of ether oxygens (including phenoxy) is 2. The normalized spacial score (nSPS) is 10.2. The number of amides is 2. The van der Waals surface area contributed by atoms with Gasteiger partial charge in [0.1, 0.15) is 0 Å². The zero-order chi connectivity index (χ0) is 22.8. The van der Waals surface area contributed by atoms with Gasteiger partial charge in [0.2, 0.25) is 5.91 Å². The Labute approximate surface area is 188 Å². The maximum atomic E-state index is 12.0. The molecule has 0 fully saturated rings. The predicted octanol–water partition coefficient (Wildman–Crippen LogP) is 4.07. The van der Waals surface area contributed by atoms with E-state index < -0.39 is 30.4 Å². The van der Waals surface area contributed by atoms with Crippen LogP contribution in [0.15, 0.2) is 42.5 Å². The number of anilines is 2. The largest absolute Gasteiger partial charge is 0.462 e. The third-order valence-electron chi connectivity index (χ3n) is 3.80. The van der Waals surface area contributed by atoms with Gasteiger partial charge >= 0.3 is 11.9 Å². The van der Waals surface area contributed by atoms with E-state index >= 15 is 0 Å². The second kappa shape index (κ2) is 11.9. The number of esters is 2. The molecule has 0 bridgehead atoms. The lowest BCUT2D eigenvalue weighted by molar-refractivity contribution is -0.147. The molecule has 164 valence electrons. The van der Waals surface area contributed by atoms with Gasteiger partial charge in [0, 0.05) is 17.8 Å². The van der Waals surface area contributed by atoms with Crippen LogP contribution in [0.5, 0.6) is 0 Å². The van der Waals surface area contributed by atoms with Crippen molar-refractivity contribution in [1.29, 1.82) is 0 Å². The number of rotatable bonds is 9. The standard InChI is InChI=1S/C21H20Cl2N2O6/c1-2-30-21(29)13-3-5-14(6-4-13)24-18(26)9-10-20(28)31-12-19(27)25-15-7-8-16(22)17(23)11-15/h3-8,11H,2,9-10,12H2,1H3,(H,24,26)(H,25,27). The average molecular weight is 467 g/mol. The van der Waals surface area contributed by atoms with Crippen LogP contribution in [0, 0.1) is 0 Å². The van der Waals surface area contributed by atoms with Crippen molar-refractivity contribution in [2.45, 2.75) is 19.8 Å². The van der Waals surface area contributed by atoms with Gasteiger partial charge in [0.15, 0.2) is 6.61 Å². The summed E-state index contributed by atoms with van der Waals surface area (Å²) in [5.41, 5.74) is 1.23. The second-order valence-corrected chi connectivity index (χ2v) is 7.00. The molecule has 2 aromatic rings. The van der Waals surface area contributed by atoms with Crippen LogP contribution in [0.25, 0.3) is 0 Å². The maximum absolute atomic E-state index is 12.0. The van der Waals surface area contributed by atoms with Gasteiger partial charge in [0.25, 0.3) is 5.91 Å². The molecule has 2 amide bonds. The Bertz CT molecular complexity index is 963. The zero-order valence-electron chi connectivity index (χ0n) is 16.6. The predicted molar refractivity (Wildman–Crippen MR) is 116 cm³/mol. The van der Waals surface area contributed by atoms with Crippen molar-refractivity contribution < 1.29 is 28.7 Å². The van der Waals surface area contributed by atoms with Crippen molar-refractivity contribution in [3.63, 3.8) is 0 Å². The van der Waals surface area contributed by atoms with Gasteiger partial charge in [-0.1, -0.05) is 23.2 Å². The molecular formula is C21H20Cl2N2O6. The molecule has 0 saturated heterocycles. The van der Waals surface area contributed by atoms with Crippen LogP contribution in [-0.4, -0.2) is 37.0 Å². The molecule has 0 saturated carbocycles. The lowest BCUT2D eigenvalue weighted by Gasteiger charge is -2.08. The Morgan fingerprint density at radius 3 is 2.10 bits per heavy atom. The van der Waals surface area contributed by atoms with Gasteiger partial charge in [-0.3, -0.25) is 14.4 Å². The molecule has 0 heterocycles. The summed E-state index contributed by atoms with van der Waals surface area (Å²) in [6.45, 7) is 1.47. The van der Waals surface area contributed by atoms with Crippen LogP contribution in [-0.2, 0) is 23.9 Å². The Morgan fingerprint density at radius 1 is 0.806 bits per heavy atom. The Balaban J connectivity index is 1.70. The molecule has 0 radical (unpaired) electrons. The van der Waals surface area contributed by atoms with E-state index in [1.54, 1.807) is 25.1 Å². The van der Waals surface area contributed by atoms with E-state index in [4.69, 9.17) is 32.7 Å². The summed E-state index contributed by atoms with van der Waals surface area (Å²) in [7, 11) is 0. The minimum atomic E-state index is -0.697. The quantitative estimate of drug-likeness (QED) is 0.538. The Morgan fingerprint density at radius 2 is 1.45 bits per heavy atom. The monoisotopic (exact) mass is 466 g/mol. The summed E-state index contributed by atoms with van der Waals surface area (Å²) in [6.07, 6.45) is -0.334. The Hall–Kier alpha value is -3.10. The first-order chi connectivity index (χ1) is 14.8. The van der Waals surface area contributed by atoms with E-state index in [2.05, 4.69) is 10.6 Å². The van der Waals surface area contributed by atoms with E-state index in [1.165, 1.54) is 24.3 Å². The SMILES string of the molecule is CCOC(=O)c1ccc(NC(=O)CCC(=O)OCC(=O)Nc2ccc(Cl)c(Cl)c2)cc1. The Kier molecular flexibility index (Phi) is 9.30. The average Bonchev–Trinajstić information content (AvgIpc) is 2.74. The summed E-state index contributed by atoms with van der Waals surface area (Å²) in [5.74, 6) is -2.12. The van der Waals surface area contributed by atoms with Crippen molar-refractivity contribution in [1.82, 2.24) is 0 Å². The highest BCUT2D eigenvalue weighted by atomic mass is 35.5. The topological polar surface area (TPSA) is 111 Å². The first kappa shape index (κ1) is 24.2. The molecule has 2 rings (SSSR count). The molecule has 2 aromatic carbocycles. The first-order valence-corrected chi connectivity index (χ1v) is 10.0. The number of hydrogen-bond donors (Lipinski definition) is 2. The molecule has 0 aliphatic heterocycles. The molecule has 2 N–H and O–H groups in total. The van der Waals surface area contributed by atoms with Crippen LogP contribution in [0.3, 0.4) is 0 Å². The van der Waals surface area contributed by atoms with Gasteiger partial charge in [-0.25, -0.2) is 4.79 Å². The minimum Gasteiger partial charge on any atom is -0.462 e. The van der Waals surface area contributed by atoms with E-state index in [9.17, 15) is 19.2 Å².